The molecule has 0 radical (unpaired) electrons. The average molecular weight is 263 g/mol. The van der Waals surface area contributed by atoms with Gasteiger partial charge >= 0.3 is 0 Å². The minimum atomic E-state index is 0.985. The van der Waals surface area contributed by atoms with E-state index in [1.54, 1.807) is 0 Å². The molecule has 1 aliphatic heterocycles. The smallest absolute Gasteiger partial charge is 0.00160 e. The zero-order valence-electron chi connectivity index (χ0n) is 12.9. The van der Waals surface area contributed by atoms with Crippen molar-refractivity contribution in [3.05, 3.63) is 12.2 Å². The Morgan fingerprint density at radius 1 is 0.789 bits per heavy atom. The number of hydrogen-bond acceptors (Lipinski definition) is 1. The van der Waals surface area contributed by atoms with Gasteiger partial charge in [-0.25, -0.2) is 0 Å². The van der Waals surface area contributed by atoms with Gasteiger partial charge in [-0.05, 0) is 37.6 Å². The first kappa shape index (κ1) is 15.1. The maximum absolute atomic E-state index is 2.74. The Bertz CT molecular complexity index is 242. The highest BCUT2D eigenvalue weighted by molar-refractivity contribution is 4.99. The molecule has 0 aromatic heterocycles. The van der Waals surface area contributed by atoms with Gasteiger partial charge in [-0.15, -0.1) is 0 Å². The second kappa shape index (κ2) is 8.79. The van der Waals surface area contributed by atoms with Gasteiger partial charge in [-0.3, -0.25) is 0 Å². The van der Waals surface area contributed by atoms with Crippen molar-refractivity contribution in [2.45, 2.75) is 71.1 Å². The molecule has 1 nitrogen and oxygen atoms in total. The van der Waals surface area contributed by atoms with Crippen LogP contribution in [0.25, 0.3) is 0 Å². The lowest BCUT2D eigenvalue weighted by molar-refractivity contribution is 0.312. The van der Waals surface area contributed by atoms with Crippen molar-refractivity contribution in [3.63, 3.8) is 0 Å². The fraction of sp³-hybridized carbons (Fsp3) is 0.889. The van der Waals surface area contributed by atoms with Crippen molar-refractivity contribution in [1.82, 2.24) is 4.90 Å². The van der Waals surface area contributed by atoms with Gasteiger partial charge in [0.15, 0.2) is 0 Å². The average Bonchev–Trinajstić information content (AvgIpc) is 2.84. The van der Waals surface area contributed by atoms with Crippen LogP contribution in [0.4, 0.5) is 0 Å². The summed E-state index contributed by atoms with van der Waals surface area (Å²) in [5.41, 5.74) is 0. The van der Waals surface area contributed by atoms with Gasteiger partial charge in [0, 0.05) is 13.1 Å². The second-order valence-electron chi connectivity index (χ2n) is 6.70. The first-order chi connectivity index (χ1) is 9.40. The molecule has 0 N–H and O–H groups in total. The molecular weight excluding hydrogens is 230 g/mol. The van der Waals surface area contributed by atoms with Crippen molar-refractivity contribution < 1.29 is 0 Å². The van der Waals surface area contributed by atoms with E-state index in [0.717, 1.165) is 11.8 Å². The molecule has 0 amide bonds. The van der Waals surface area contributed by atoms with Crippen LogP contribution in [-0.2, 0) is 0 Å². The van der Waals surface area contributed by atoms with Gasteiger partial charge in [-0.2, -0.15) is 0 Å². The van der Waals surface area contributed by atoms with E-state index in [0.29, 0.717) is 0 Å². The summed E-state index contributed by atoms with van der Waals surface area (Å²) in [6, 6.07) is 0. The highest BCUT2D eigenvalue weighted by atomic mass is 15.1. The Balaban J connectivity index is 1.44. The summed E-state index contributed by atoms with van der Waals surface area (Å²) in [5, 5.41) is 0. The maximum atomic E-state index is 2.74. The largest absolute Gasteiger partial charge is 0.303 e. The predicted octanol–water partition coefficient (Wildman–Crippen LogP) is 5.03. The van der Waals surface area contributed by atoms with Crippen molar-refractivity contribution in [2.24, 2.45) is 11.8 Å². The van der Waals surface area contributed by atoms with E-state index in [4.69, 9.17) is 0 Å². The molecule has 1 saturated heterocycles. The molecule has 2 atom stereocenters. The van der Waals surface area contributed by atoms with Crippen molar-refractivity contribution in [1.29, 1.82) is 0 Å². The number of rotatable bonds is 9. The molecule has 1 fully saturated rings. The number of hydrogen-bond donors (Lipinski definition) is 0. The molecule has 1 heteroatoms. The van der Waals surface area contributed by atoms with Crippen LogP contribution < -0.4 is 0 Å². The van der Waals surface area contributed by atoms with E-state index in [-0.39, 0.29) is 0 Å². The maximum Gasteiger partial charge on any atom is 0.00160 e. The van der Waals surface area contributed by atoms with Crippen LogP contribution >= 0.6 is 0 Å². The topological polar surface area (TPSA) is 3.24 Å². The summed E-state index contributed by atoms with van der Waals surface area (Å²) in [6.07, 6.45) is 19.0. The zero-order chi connectivity index (χ0) is 13.3. The van der Waals surface area contributed by atoms with Crippen LogP contribution in [0, 0.1) is 11.8 Å². The third-order valence-electron chi connectivity index (χ3n) is 5.02. The lowest BCUT2D eigenvalue weighted by Crippen LogP contribution is -2.22. The van der Waals surface area contributed by atoms with Crippen LogP contribution in [0.3, 0.4) is 0 Å². The number of unbranched alkanes of at least 4 members (excludes halogenated alkanes) is 7. The minimum Gasteiger partial charge on any atom is -0.303 e. The van der Waals surface area contributed by atoms with Gasteiger partial charge in [0.05, 0.1) is 0 Å². The Labute approximate surface area is 120 Å². The molecule has 2 aliphatic rings. The number of allylic oxidation sites excluding steroid dienone is 2. The number of likely N-dealkylation sites (tertiary alicyclic amines) is 1. The molecule has 0 aromatic carbocycles. The minimum absolute atomic E-state index is 0.985. The third kappa shape index (κ3) is 5.30. The summed E-state index contributed by atoms with van der Waals surface area (Å²) in [6.45, 7) is 6.42. The highest BCUT2D eigenvalue weighted by Gasteiger charge is 2.31. The first-order valence-corrected chi connectivity index (χ1v) is 8.77. The molecule has 110 valence electrons. The molecule has 0 saturated carbocycles. The van der Waals surface area contributed by atoms with E-state index in [1.807, 2.05) is 0 Å². The van der Waals surface area contributed by atoms with Crippen LogP contribution in [0.2, 0.25) is 0 Å². The van der Waals surface area contributed by atoms with Crippen LogP contribution in [0.1, 0.15) is 71.1 Å². The van der Waals surface area contributed by atoms with Crippen LogP contribution in [0.5, 0.6) is 0 Å². The molecule has 1 heterocycles. The summed E-state index contributed by atoms with van der Waals surface area (Å²) >= 11 is 0. The summed E-state index contributed by atoms with van der Waals surface area (Å²) in [5.74, 6) is 1.97. The highest BCUT2D eigenvalue weighted by Crippen LogP contribution is 2.32. The van der Waals surface area contributed by atoms with E-state index in [2.05, 4.69) is 24.0 Å². The Morgan fingerprint density at radius 3 is 1.89 bits per heavy atom. The fourth-order valence-electron chi connectivity index (χ4n) is 3.76. The lowest BCUT2D eigenvalue weighted by Gasteiger charge is -2.18. The lowest BCUT2D eigenvalue weighted by atomic mass is 9.86. The summed E-state index contributed by atoms with van der Waals surface area (Å²) < 4.78 is 0. The Hall–Kier alpha value is -0.300. The normalized spacial score (nSPS) is 26.8. The van der Waals surface area contributed by atoms with Crippen molar-refractivity contribution >= 4 is 0 Å². The van der Waals surface area contributed by atoms with Crippen molar-refractivity contribution in [3.8, 4) is 0 Å². The second-order valence-corrected chi connectivity index (χ2v) is 6.70. The summed E-state index contributed by atoms with van der Waals surface area (Å²) in [4.78, 5) is 2.74. The molecule has 0 bridgehead atoms. The van der Waals surface area contributed by atoms with Crippen LogP contribution in [0.15, 0.2) is 12.2 Å². The number of nitrogens with zero attached hydrogens (tertiary/aromatic N) is 1. The van der Waals surface area contributed by atoms with E-state index in [9.17, 15) is 0 Å². The van der Waals surface area contributed by atoms with Gasteiger partial charge in [0.1, 0.15) is 0 Å². The zero-order valence-corrected chi connectivity index (χ0v) is 12.9. The van der Waals surface area contributed by atoms with E-state index >= 15 is 0 Å². The van der Waals surface area contributed by atoms with Crippen molar-refractivity contribution in [2.75, 3.05) is 19.6 Å². The molecule has 19 heavy (non-hydrogen) atoms. The predicted molar refractivity (Wildman–Crippen MR) is 84.4 cm³/mol. The van der Waals surface area contributed by atoms with Gasteiger partial charge in [0.2, 0.25) is 0 Å². The van der Waals surface area contributed by atoms with Gasteiger partial charge in [0.25, 0.3) is 0 Å². The Kier molecular flexibility index (Phi) is 6.98. The van der Waals surface area contributed by atoms with Crippen LogP contribution in [-0.4, -0.2) is 24.5 Å². The SMILES string of the molecule is CCCCCCCCCCN1C[C@@H]2CC=CC[C@H]2C1. The third-order valence-corrected chi connectivity index (χ3v) is 5.02. The summed E-state index contributed by atoms with van der Waals surface area (Å²) in [7, 11) is 0. The first-order valence-electron chi connectivity index (χ1n) is 8.77. The van der Waals surface area contributed by atoms with Gasteiger partial charge < -0.3 is 4.90 Å². The van der Waals surface area contributed by atoms with E-state index < -0.39 is 0 Å². The van der Waals surface area contributed by atoms with E-state index in [1.165, 1.54) is 83.8 Å². The molecule has 0 spiro atoms. The molecule has 0 unspecified atom stereocenters. The number of fused-ring (bicyclic) bond motifs is 1. The fourth-order valence-corrected chi connectivity index (χ4v) is 3.76. The van der Waals surface area contributed by atoms with Gasteiger partial charge in [-0.1, -0.05) is 64.0 Å². The molecule has 1 aliphatic carbocycles. The quantitative estimate of drug-likeness (QED) is 0.417. The Morgan fingerprint density at radius 2 is 1.32 bits per heavy atom. The standard InChI is InChI=1S/C18H33N/c1-2-3-4-5-6-7-8-11-14-19-15-17-12-9-10-13-18(17)16-19/h9-10,17-18H,2-8,11-16H2,1H3/t17-,18-/m0/s1. The monoisotopic (exact) mass is 263 g/mol. The molecule has 2 rings (SSSR count). The molecular formula is C18H33N. The molecule has 0 aromatic rings.